The summed E-state index contributed by atoms with van der Waals surface area (Å²) >= 11 is 2.93. The van der Waals surface area contributed by atoms with Crippen molar-refractivity contribution in [3.63, 3.8) is 0 Å². The first-order chi connectivity index (χ1) is 12.0. The molecule has 25 heavy (non-hydrogen) atoms. The monoisotopic (exact) mass is 380 g/mol. The van der Waals surface area contributed by atoms with Crippen molar-refractivity contribution in [3.05, 3.63) is 41.3 Å². The minimum atomic E-state index is -0.426. The molecule has 0 spiro atoms. The number of anilines is 1. The van der Waals surface area contributed by atoms with Crippen LogP contribution in [0.2, 0.25) is 0 Å². The van der Waals surface area contributed by atoms with E-state index in [1.807, 2.05) is 44.4 Å². The average molecular weight is 380 g/mol. The Bertz CT molecular complexity index is 726. The van der Waals surface area contributed by atoms with Gasteiger partial charge in [-0.2, -0.15) is 0 Å². The topological polar surface area (TPSA) is 81.4 Å². The zero-order valence-electron chi connectivity index (χ0n) is 14.3. The normalized spacial score (nSPS) is 10.5. The molecule has 1 aromatic carbocycles. The van der Waals surface area contributed by atoms with Crippen molar-refractivity contribution in [1.29, 1.82) is 0 Å². The molecule has 1 amide bonds. The lowest BCUT2D eigenvalue weighted by molar-refractivity contribution is -0.144. The van der Waals surface area contributed by atoms with Gasteiger partial charge in [-0.3, -0.25) is 9.59 Å². The van der Waals surface area contributed by atoms with E-state index in [2.05, 4.69) is 10.5 Å². The van der Waals surface area contributed by atoms with Gasteiger partial charge in [0.2, 0.25) is 0 Å². The van der Waals surface area contributed by atoms with E-state index in [1.54, 1.807) is 0 Å². The van der Waals surface area contributed by atoms with E-state index in [0.717, 1.165) is 21.9 Å². The van der Waals surface area contributed by atoms with E-state index >= 15 is 0 Å². The Morgan fingerprint density at radius 1 is 1.28 bits per heavy atom. The smallest absolute Gasteiger partial charge is 0.316 e. The third-order valence-electron chi connectivity index (χ3n) is 3.39. The highest BCUT2D eigenvalue weighted by molar-refractivity contribution is 7.99. The van der Waals surface area contributed by atoms with Gasteiger partial charge in [0.15, 0.2) is 6.61 Å². The first kappa shape index (κ1) is 19.4. The maximum absolute atomic E-state index is 11.9. The molecule has 8 heteroatoms. The van der Waals surface area contributed by atoms with Crippen molar-refractivity contribution in [3.8, 4) is 0 Å². The quantitative estimate of drug-likeness (QED) is 0.555. The van der Waals surface area contributed by atoms with Crippen LogP contribution in [0.1, 0.15) is 17.0 Å². The molecule has 0 saturated carbocycles. The lowest BCUT2D eigenvalue weighted by atomic mass is 10.2. The fourth-order valence-corrected chi connectivity index (χ4v) is 3.59. The second-order valence-corrected chi connectivity index (χ2v) is 7.04. The first-order valence-electron chi connectivity index (χ1n) is 7.59. The predicted molar refractivity (Wildman–Crippen MR) is 100.0 cm³/mol. The number of carbonyl (C=O) groups excluding carboxylic acids is 2. The Morgan fingerprint density at radius 3 is 2.72 bits per heavy atom. The number of para-hydroxylation sites is 1. The van der Waals surface area contributed by atoms with Gasteiger partial charge in [-0.25, -0.2) is 0 Å². The van der Waals surface area contributed by atoms with Crippen LogP contribution in [0.15, 0.2) is 33.7 Å². The molecule has 1 aromatic heterocycles. The molecule has 2 aromatic rings. The van der Waals surface area contributed by atoms with E-state index < -0.39 is 5.97 Å². The van der Waals surface area contributed by atoms with E-state index in [4.69, 9.17) is 9.26 Å². The van der Waals surface area contributed by atoms with Gasteiger partial charge in [-0.15, -0.1) is 23.5 Å². The van der Waals surface area contributed by atoms with Crippen molar-refractivity contribution in [1.82, 2.24) is 5.16 Å². The van der Waals surface area contributed by atoms with Gasteiger partial charge in [0, 0.05) is 16.2 Å². The van der Waals surface area contributed by atoms with Crippen LogP contribution >= 0.6 is 23.5 Å². The summed E-state index contributed by atoms with van der Waals surface area (Å²) < 4.78 is 10.1. The van der Waals surface area contributed by atoms with Gasteiger partial charge in [-0.05, 0) is 32.2 Å². The van der Waals surface area contributed by atoms with Crippen molar-refractivity contribution < 1.29 is 18.8 Å². The minimum absolute atomic E-state index is 0.165. The van der Waals surface area contributed by atoms with Gasteiger partial charge in [0.1, 0.15) is 5.76 Å². The van der Waals surface area contributed by atoms with Crippen LogP contribution in [0.4, 0.5) is 5.69 Å². The third kappa shape index (κ3) is 5.82. The van der Waals surface area contributed by atoms with Gasteiger partial charge in [-0.1, -0.05) is 17.3 Å². The summed E-state index contributed by atoms with van der Waals surface area (Å²) in [5, 5.41) is 6.61. The number of amides is 1. The molecule has 0 bridgehead atoms. The molecule has 0 saturated heterocycles. The Hall–Kier alpha value is -1.93. The van der Waals surface area contributed by atoms with Crippen molar-refractivity contribution in [2.45, 2.75) is 24.5 Å². The summed E-state index contributed by atoms with van der Waals surface area (Å²) in [6.45, 7) is 3.40. The number of nitrogens with one attached hydrogen (secondary N) is 1. The average Bonchev–Trinajstić information content (AvgIpc) is 2.92. The highest BCUT2D eigenvalue weighted by atomic mass is 32.2. The SMILES string of the molecule is CSc1ccccc1NC(=O)COC(=O)CSCc1c(C)noc1C. The summed E-state index contributed by atoms with van der Waals surface area (Å²) in [5.41, 5.74) is 2.53. The van der Waals surface area contributed by atoms with E-state index in [9.17, 15) is 9.59 Å². The first-order valence-corrected chi connectivity index (χ1v) is 9.97. The van der Waals surface area contributed by atoms with Gasteiger partial charge >= 0.3 is 5.97 Å². The van der Waals surface area contributed by atoms with Crippen LogP contribution in [0.3, 0.4) is 0 Å². The summed E-state index contributed by atoms with van der Waals surface area (Å²) in [4.78, 5) is 24.6. The van der Waals surface area contributed by atoms with Crippen molar-refractivity contribution in [2.24, 2.45) is 0 Å². The summed E-state index contributed by atoms with van der Waals surface area (Å²) in [7, 11) is 0. The number of hydrogen-bond donors (Lipinski definition) is 1. The molecular weight excluding hydrogens is 360 g/mol. The number of benzene rings is 1. The van der Waals surface area contributed by atoms with Crippen molar-refractivity contribution in [2.75, 3.05) is 23.9 Å². The van der Waals surface area contributed by atoms with Crippen LogP contribution in [0.25, 0.3) is 0 Å². The molecule has 1 N–H and O–H groups in total. The number of nitrogens with zero attached hydrogens (tertiary/aromatic N) is 1. The predicted octanol–water partition coefficient (Wildman–Crippen LogP) is 3.43. The van der Waals surface area contributed by atoms with E-state index in [-0.39, 0.29) is 18.3 Å². The molecule has 0 fully saturated rings. The molecule has 0 aliphatic carbocycles. The maximum atomic E-state index is 11.9. The van der Waals surface area contributed by atoms with Crippen LogP contribution in [-0.2, 0) is 20.1 Å². The molecule has 0 radical (unpaired) electrons. The fourth-order valence-electron chi connectivity index (χ4n) is 2.07. The van der Waals surface area contributed by atoms with Crippen LogP contribution < -0.4 is 5.32 Å². The number of rotatable bonds is 8. The number of ether oxygens (including phenoxy) is 1. The van der Waals surface area contributed by atoms with Gasteiger partial charge in [0.05, 0.1) is 17.1 Å². The Balaban J connectivity index is 1.71. The molecule has 6 nitrogen and oxygen atoms in total. The lowest BCUT2D eigenvalue weighted by Crippen LogP contribution is -2.22. The molecule has 0 unspecified atom stereocenters. The third-order valence-corrected chi connectivity index (χ3v) is 5.12. The molecule has 134 valence electrons. The van der Waals surface area contributed by atoms with Crippen LogP contribution in [0.5, 0.6) is 0 Å². The minimum Gasteiger partial charge on any atom is -0.455 e. The zero-order chi connectivity index (χ0) is 18.2. The summed E-state index contributed by atoms with van der Waals surface area (Å²) in [5.74, 6) is 0.753. The lowest BCUT2D eigenvalue weighted by Gasteiger charge is -2.09. The molecule has 2 rings (SSSR count). The van der Waals surface area contributed by atoms with E-state index in [0.29, 0.717) is 11.4 Å². The molecule has 0 atom stereocenters. The van der Waals surface area contributed by atoms with Gasteiger partial charge < -0.3 is 14.6 Å². The Morgan fingerprint density at radius 2 is 2.04 bits per heavy atom. The Labute approximate surface area is 155 Å². The molecular formula is C17H20N2O4S2. The van der Waals surface area contributed by atoms with Crippen LogP contribution in [0, 0.1) is 13.8 Å². The maximum Gasteiger partial charge on any atom is 0.316 e. The number of hydrogen-bond acceptors (Lipinski definition) is 7. The molecule has 0 aliphatic rings. The summed E-state index contributed by atoms with van der Waals surface area (Å²) in [6, 6.07) is 7.47. The summed E-state index contributed by atoms with van der Waals surface area (Å²) in [6.07, 6.45) is 1.93. The Kier molecular flexibility index (Phi) is 7.39. The highest BCUT2D eigenvalue weighted by Crippen LogP contribution is 2.24. The second-order valence-electron chi connectivity index (χ2n) is 5.20. The van der Waals surface area contributed by atoms with Crippen molar-refractivity contribution >= 4 is 41.1 Å². The highest BCUT2D eigenvalue weighted by Gasteiger charge is 2.12. The van der Waals surface area contributed by atoms with E-state index in [1.165, 1.54) is 23.5 Å². The zero-order valence-corrected chi connectivity index (χ0v) is 16.0. The standard InChI is InChI=1S/C17H20N2O4S2/c1-11-13(12(2)23-19-11)9-25-10-17(21)22-8-16(20)18-14-6-4-5-7-15(14)24-3/h4-7H,8-10H2,1-3H3,(H,18,20). The number of aromatic nitrogens is 1. The second kappa shape index (κ2) is 9.53. The fraction of sp³-hybridized carbons (Fsp3) is 0.353. The molecule has 1 heterocycles. The van der Waals surface area contributed by atoms with Gasteiger partial charge in [0.25, 0.3) is 5.91 Å². The number of esters is 1. The largest absolute Gasteiger partial charge is 0.455 e. The number of carbonyl (C=O) groups is 2. The van der Waals surface area contributed by atoms with Crippen LogP contribution in [-0.4, -0.2) is 35.6 Å². The number of thioether (sulfide) groups is 2. The number of aryl methyl sites for hydroxylation is 2. The molecule has 0 aliphatic heterocycles.